The Bertz CT molecular complexity index is 290. The summed E-state index contributed by atoms with van der Waals surface area (Å²) < 4.78 is 4.98. The van der Waals surface area contributed by atoms with E-state index in [1.165, 1.54) is 0 Å². The third kappa shape index (κ3) is 2.85. The molecule has 1 aromatic rings. The third-order valence-electron chi connectivity index (χ3n) is 1.76. The number of likely N-dealkylation sites (N-methyl/N-ethyl adjacent to an activating group) is 1. The molecule has 5 nitrogen and oxygen atoms in total. The van der Waals surface area contributed by atoms with Crippen LogP contribution >= 0.6 is 0 Å². The highest BCUT2D eigenvalue weighted by Crippen LogP contribution is 2.11. The van der Waals surface area contributed by atoms with Crippen LogP contribution in [0, 0.1) is 0 Å². The van der Waals surface area contributed by atoms with Crippen molar-refractivity contribution in [1.82, 2.24) is 9.97 Å². The van der Waals surface area contributed by atoms with Gasteiger partial charge in [-0.3, -0.25) is 4.98 Å². The quantitative estimate of drug-likeness (QED) is 0.748. The van der Waals surface area contributed by atoms with E-state index in [9.17, 15) is 0 Å². The predicted octanol–water partition coefficient (Wildman–Crippen LogP) is 0.269. The first-order chi connectivity index (χ1) is 6.63. The van der Waals surface area contributed by atoms with Crippen molar-refractivity contribution in [3.63, 3.8) is 0 Å². The van der Waals surface area contributed by atoms with Gasteiger partial charge in [-0.25, -0.2) is 0 Å². The number of nitrogens with two attached hydrogens (primary N) is 1. The van der Waals surface area contributed by atoms with Gasteiger partial charge in [0, 0.05) is 19.6 Å². The summed E-state index contributed by atoms with van der Waals surface area (Å²) in [6, 6.07) is 0.105. The van der Waals surface area contributed by atoms with Gasteiger partial charge in [-0.2, -0.15) is 4.98 Å². The van der Waals surface area contributed by atoms with Crippen LogP contribution in [-0.4, -0.2) is 36.7 Å². The van der Waals surface area contributed by atoms with Crippen molar-refractivity contribution in [2.75, 3.05) is 25.6 Å². The molecule has 0 aliphatic rings. The van der Waals surface area contributed by atoms with Crippen molar-refractivity contribution in [3.8, 4) is 5.88 Å². The highest BCUT2D eigenvalue weighted by Gasteiger charge is 2.06. The van der Waals surface area contributed by atoms with Crippen LogP contribution in [0.3, 0.4) is 0 Å². The Morgan fingerprint density at radius 1 is 1.57 bits per heavy atom. The van der Waals surface area contributed by atoms with Gasteiger partial charge in [0.15, 0.2) is 5.82 Å². The van der Waals surface area contributed by atoms with Crippen LogP contribution in [0.1, 0.15) is 6.92 Å². The number of aromatic nitrogens is 2. The SMILES string of the molecule is COc1cncc(N(C)CC(C)N)n1. The van der Waals surface area contributed by atoms with E-state index in [4.69, 9.17) is 10.5 Å². The molecule has 1 atom stereocenters. The molecule has 5 heteroatoms. The van der Waals surface area contributed by atoms with Gasteiger partial charge in [0.2, 0.25) is 5.88 Å². The minimum absolute atomic E-state index is 0.105. The largest absolute Gasteiger partial charge is 0.480 e. The standard InChI is InChI=1S/C9H16N4O/c1-7(10)6-13(2)8-4-11-5-9(12-8)14-3/h4-5,7H,6,10H2,1-3H3. The molecular weight excluding hydrogens is 180 g/mol. The maximum atomic E-state index is 5.68. The van der Waals surface area contributed by atoms with Gasteiger partial charge in [-0.15, -0.1) is 0 Å². The minimum Gasteiger partial charge on any atom is -0.480 e. The van der Waals surface area contributed by atoms with Crippen molar-refractivity contribution in [2.45, 2.75) is 13.0 Å². The summed E-state index contributed by atoms with van der Waals surface area (Å²) in [6.45, 7) is 2.69. The molecule has 0 radical (unpaired) electrons. The van der Waals surface area contributed by atoms with Gasteiger partial charge in [-0.1, -0.05) is 0 Å². The fourth-order valence-electron chi connectivity index (χ4n) is 1.15. The summed E-state index contributed by atoms with van der Waals surface area (Å²) in [5.41, 5.74) is 5.68. The molecule has 2 N–H and O–H groups in total. The Balaban J connectivity index is 2.73. The lowest BCUT2D eigenvalue weighted by Crippen LogP contribution is -2.33. The van der Waals surface area contributed by atoms with Gasteiger partial charge in [0.05, 0.1) is 19.5 Å². The lowest BCUT2D eigenvalue weighted by Gasteiger charge is -2.19. The summed E-state index contributed by atoms with van der Waals surface area (Å²) in [6.07, 6.45) is 3.26. The number of anilines is 1. The zero-order valence-electron chi connectivity index (χ0n) is 8.77. The number of hydrogen-bond acceptors (Lipinski definition) is 5. The molecule has 78 valence electrons. The molecule has 0 saturated heterocycles. The summed E-state index contributed by atoms with van der Waals surface area (Å²) in [5.74, 6) is 1.28. The lowest BCUT2D eigenvalue weighted by atomic mass is 10.3. The highest BCUT2D eigenvalue weighted by molar-refractivity contribution is 5.36. The van der Waals surface area contributed by atoms with E-state index >= 15 is 0 Å². The highest BCUT2D eigenvalue weighted by atomic mass is 16.5. The maximum Gasteiger partial charge on any atom is 0.233 e. The first-order valence-electron chi connectivity index (χ1n) is 4.46. The second kappa shape index (κ2) is 4.76. The minimum atomic E-state index is 0.105. The summed E-state index contributed by atoms with van der Waals surface area (Å²) in [5, 5.41) is 0. The number of ether oxygens (including phenoxy) is 1. The van der Waals surface area contributed by atoms with Gasteiger partial charge in [0.1, 0.15) is 0 Å². The smallest absolute Gasteiger partial charge is 0.233 e. The summed E-state index contributed by atoms with van der Waals surface area (Å²) in [7, 11) is 3.49. The van der Waals surface area contributed by atoms with Crippen LogP contribution in [0.4, 0.5) is 5.82 Å². The summed E-state index contributed by atoms with van der Waals surface area (Å²) in [4.78, 5) is 10.2. The number of nitrogens with zero attached hydrogens (tertiary/aromatic N) is 3. The number of hydrogen-bond donors (Lipinski definition) is 1. The van der Waals surface area contributed by atoms with E-state index in [1.807, 2.05) is 18.9 Å². The van der Waals surface area contributed by atoms with E-state index in [1.54, 1.807) is 19.5 Å². The topological polar surface area (TPSA) is 64.3 Å². The Morgan fingerprint density at radius 2 is 2.29 bits per heavy atom. The average Bonchev–Trinajstić information content (AvgIpc) is 2.17. The average molecular weight is 196 g/mol. The van der Waals surface area contributed by atoms with Gasteiger partial charge in [0.25, 0.3) is 0 Å². The first-order valence-corrected chi connectivity index (χ1v) is 4.46. The van der Waals surface area contributed by atoms with Crippen LogP contribution in [0.5, 0.6) is 5.88 Å². The molecule has 0 spiro atoms. The van der Waals surface area contributed by atoms with E-state index in [0.717, 1.165) is 12.4 Å². The van der Waals surface area contributed by atoms with Crippen molar-refractivity contribution < 1.29 is 4.74 Å². The second-order valence-electron chi connectivity index (χ2n) is 3.28. The lowest BCUT2D eigenvalue weighted by molar-refractivity contribution is 0.395. The maximum absolute atomic E-state index is 5.68. The molecule has 1 rings (SSSR count). The van der Waals surface area contributed by atoms with Crippen molar-refractivity contribution in [3.05, 3.63) is 12.4 Å². The molecule has 1 aromatic heterocycles. The Hall–Kier alpha value is -1.36. The normalized spacial score (nSPS) is 12.3. The van der Waals surface area contributed by atoms with E-state index in [-0.39, 0.29) is 6.04 Å². The van der Waals surface area contributed by atoms with Gasteiger partial charge >= 0.3 is 0 Å². The van der Waals surface area contributed by atoms with E-state index in [2.05, 4.69) is 9.97 Å². The monoisotopic (exact) mass is 196 g/mol. The van der Waals surface area contributed by atoms with Crippen LogP contribution in [-0.2, 0) is 0 Å². The fraction of sp³-hybridized carbons (Fsp3) is 0.556. The van der Waals surface area contributed by atoms with E-state index < -0.39 is 0 Å². The second-order valence-corrected chi connectivity index (χ2v) is 3.28. The molecule has 0 bridgehead atoms. The summed E-state index contributed by atoms with van der Waals surface area (Å²) >= 11 is 0. The molecule has 0 amide bonds. The molecule has 1 unspecified atom stereocenters. The molecule has 0 saturated carbocycles. The molecule has 0 aliphatic carbocycles. The van der Waals surface area contributed by atoms with Gasteiger partial charge in [-0.05, 0) is 6.92 Å². The van der Waals surface area contributed by atoms with Crippen molar-refractivity contribution in [1.29, 1.82) is 0 Å². The fourth-order valence-corrected chi connectivity index (χ4v) is 1.15. The molecule has 0 fully saturated rings. The van der Waals surface area contributed by atoms with Crippen molar-refractivity contribution >= 4 is 5.82 Å². The van der Waals surface area contributed by atoms with Crippen LogP contribution in [0.2, 0.25) is 0 Å². The molecular formula is C9H16N4O. The Labute approximate surface area is 83.9 Å². The third-order valence-corrected chi connectivity index (χ3v) is 1.76. The van der Waals surface area contributed by atoms with E-state index in [0.29, 0.717) is 5.88 Å². The molecule has 14 heavy (non-hydrogen) atoms. The van der Waals surface area contributed by atoms with Crippen molar-refractivity contribution in [2.24, 2.45) is 5.73 Å². The number of methoxy groups -OCH3 is 1. The molecule has 0 aromatic carbocycles. The number of rotatable bonds is 4. The zero-order valence-corrected chi connectivity index (χ0v) is 8.77. The van der Waals surface area contributed by atoms with Crippen LogP contribution in [0.15, 0.2) is 12.4 Å². The molecule has 0 aliphatic heterocycles. The molecule has 1 heterocycles. The van der Waals surface area contributed by atoms with Crippen LogP contribution in [0.25, 0.3) is 0 Å². The van der Waals surface area contributed by atoms with Crippen LogP contribution < -0.4 is 15.4 Å². The van der Waals surface area contributed by atoms with Gasteiger partial charge < -0.3 is 15.4 Å². The Kier molecular flexibility index (Phi) is 3.64. The predicted molar refractivity (Wildman–Crippen MR) is 55.5 cm³/mol. The zero-order chi connectivity index (χ0) is 10.6. The Morgan fingerprint density at radius 3 is 2.86 bits per heavy atom. The first kappa shape index (κ1) is 10.7.